The molecule has 0 amide bonds. The smallest absolute Gasteiger partial charge is 0.302 e. The van der Waals surface area contributed by atoms with Crippen molar-refractivity contribution >= 4 is 23.9 Å². The van der Waals surface area contributed by atoms with Crippen LogP contribution >= 0.6 is 0 Å². The number of hydrogen-bond acceptors (Lipinski definition) is 13. The van der Waals surface area contributed by atoms with Gasteiger partial charge in [0, 0.05) is 27.7 Å². The summed E-state index contributed by atoms with van der Waals surface area (Å²) in [7, 11) is 0. The molecule has 0 aromatic heterocycles. The first-order valence-electron chi connectivity index (χ1n) is 11.2. The van der Waals surface area contributed by atoms with Crippen LogP contribution in [0, 0.1) is 0 Å². The summed E-state index contributed by atoms with van der Waals surface area (Å²) in [6, 6.07) is 0. The van der Waals surface area contributed by atoms with Crippen LogP contribution < -0.4 is 0 Å². The van der Waals surface area contributed by atoms with Crippen LogP contribution in [-0.4, -0.2) is 115 Å². The van der Waals surface area contributed by atoms with Crippen LogP contribution in [-0.2, 0) is 61.8 Å². The van der Waals surface area contributed by atoms with E-state index in [9.17, 15) is 19.2 Å². The molecule has 0 spiro atoms. The average molecular weight is 511 g/mol. The van der Waals surface area contributed by atoms with E-state index in [4.69, 9.17) is 42.6 Å². The predicted octanol–water partition coefficient (Wildman–Crippen LogP) is 0.0590. The fraction of sp³-hybridized carbons (Fsp3) is 0.818. The quantitative estimate of drug-likeness (QED) is 0.110. The maximum atomic E-state index is 10.9. The van der Waals surface area contributed by atoms with E-state index in [2.05, 4.69) is 0 Å². The molecule has 35 heavy (non-hydrogen) atoms. The maximum absolute atomic E-state index is 10.9. The number of carbonyl (C=O) groups is 4. The Bertz CT molecular complexity index is 546. The van der Waals surface area contributed by atoms with Crippen LogP contribution in [0.2, 0.25) is 0 Å². The average Bonchev–Trinajstić information content (AvgIpc) is 2.77. The number of carbonyl (C=O) groups excluding carboxylic acids is 4. The van der Waals surface area contributed by atoms with Gasteiger partial charge >= 0.3 is 23.9 Å². The van der Waals surface area contributed by atoms with Crippen molar-refractivity contribution in [3.63, 3.8) is 0 Å². The standard InChI is InChI=1S/C22H38O13/c1-17(23)30-7-5-27-13-21(34-11-9-32-19(3)25)15-29-16-22(35-12-10-33-20(4)26)14-28-6-8-31-18(2)24/h21-22H,5-16H2,1-4H3. The summed E-state index contributed by atoms with van der Waals surface area (Å²) in [6.45, 7) is 6.80. The van der Waals surface area contributed by atoms with Crippen molar-refractivity contribution in [2.24, 2.45) is 0 Å². The van der Waals surface area contributed by atoms with Gasteiger partial charge < -0.3 is 42.6 Å². The molecule has 0 aromatic carbocycles. The van der Waals surface area contributed by atoms with Gasteiger partial charge in [0.15, 0.2) is 0 Å². The van der Waals surface area contributed by atoms with Crippen molar-refractivity contribution in [3.05, 3.63) is 0 Å². The molecule has 0 aliphatic rings. The number of ether oxygens (including phenoxy) is 9. The van der Waals surface area contributed by atoms with Gasteiger partial charge in [-0.3, -0.25) is 19.2 Å². The molecule has 0 saturated heterocycles. The second-order valence-corrected chi connectivity index (χ2v) is 7.03. The third-order valence-electron chi connectivity index (χ3n) is 3.77. The van der Waals surface area contributed by atoms with Crippen molar-refractivity contribution in [2.45, 2.75) is 39.9 Å². The van der Waals surface area contributed by atoms with E-state index < -0.39 is 36.1 Å². The first kappa shape index (κ1) is 32.7. The van der Waals surface area contributed by atoms with Crippen LogP contribution in [0.15, 0.2) is 0 Å². The van der Waals surface area contributed by atoms with Crippen molar-refractivity contribution < 1.29 is 61.8 Å². The molecule has 204 valence electrons. The molecule has 0 fully saturated rings. The summed E-state index contributed by atoms with van der Waals surface area (Å²) in [5.74, 6) is -1.63. The number of rotatable bonds is 22. The Morgan fingerprint density at radius 1 is 0.429 bits per heavy atom. The minimum Gasteiger partial charge on any atom is -0.463 e. The van der Waals surface area contributed by atoms with E-state index >= 15 is 0 Å². The number of esters is 4. The molecule has 0 aromatic rings. The Labute approximate surface area is 205 Å². The third kappa shape index (κ3) is 24.6. The van der Waals surface area contributed by atoms with Gasteiger partial charge in [0.05, 0.1) is 52.9 Å². The Morgan fingerprint density at radius 2 is 0.714 bits per heavy atom. The summed E-state index contributed by atoms with van der Waals surface area (Å²) in [6.07, 6.45) is -0.982. The summed E-state index contributed by atoms with van der Waals surface area (Å²) >= 11 is 0. The van der Waals surface area contributed by atoms with E-state index in [0.29, 0.717) is 0 Å². The van der Waals surface area contributed by atoms with Crippen molar-refractivity contribution in [3.8, 4) is 0 Å². The van der Waals surface area contributed by atoms with E-state index in [1.807, 2.05) is 0 Å². The molecule has 2 atom stereocenters. The van der Waals surface area contributed by atoms with Gasteiger partial charge in [-0.15, -0.1) is 0 Å². The molecule has 0 aliphatic carbocycles. The fourth-order valence-electron chi connectivity index (χ4n) is 2.34. The van der Waals surface area contributed by atoms with E-state index in [1.165, 1.54) is 27.7 Å². The Morgan fingerprint density at radius 3 is 1.03 bits per heavy atom. The molecule has 0 heterocycles. The molecule has 0 rings (SSSR count). The van der Waals surface area contributed by atoms with Gasteiger partial charge in [0.2, 0.25) is 0 Å². The van der Waals surface area contributed by atoms with Gasteiger partial charge in [-0.25, -0.2) is 0 Å². The lowest BCUT2D eigenvalue weighted by atomic mass is 10.3. The van der Waals surface area contributed by atoms with Crippen LogP contribution in [0.1, 0.15) is 27.7 Å². The molecule has 0 aliphatic heterocycles. The van der Waals surface area contributed by atoms with Crippen molar-refractivity contribution in [1.82, 2.24) is 0 Å². The lowest BCUT2D eigenvalue weighted by molar-refractivity contribution is -0.148. The van der Waals surface area contributed by atoms with Gasteiger partial charge in [-0.2, -0.15) is 0 Å². The van der Waals surface area contributed by atoms with Gasteiger partial charge in [-0.1, -0.05) is 0 Å². The molecule has 0 radical (unpaired) electrons. The van der Waals surface area contributed by atoms with Gasteiger partial charge in [0.25, 0.3) is 0 Å². The topological polar surface area (TPSA) is 151 Å². The SMILES string of the molecule is CC(=O)OCCOCC(COCC(COCCOC(C)=O)OCCOC(C)=O)OCCOC(C)=O. The van der Waals surface area contributed by atoms with E-state index in [1.54, 1.807) is 0 Å². The summed E-state index contributed by atoms with van der Waals surface area (Å²) in [4.78, 5) is 43.4. The zero-order chi connectivity index (χ0) is 26.3. The minimum absolute atomic E-state index is 0.0807. The van der Waals surface area contributed by atoms with Crippen LogP contribution in [0.4, 0.5) is 0 Å². The monoisotopic (exact) mass is 510 g/mol. The molecule has 0 saturated carbocycles. The van der Waals surface area contributed by atoms with Gasteiger partial charge in [-0.05, 0) is 0 Å². The fourth-order valence-corrected chi connectivity index (χ4v) is 2.34. The summed E-state index contributed by atoms with van der Waals surface area (Å²) in [5.41, 5.74) is 0. The second-order valence-electron chi connectivity index (χ2n) is 7.03. The highest BCUT2D eigenvalue weighted by molar-refractivity contribution is 5.66. The normalized spacial score (nSPS) is 12.5. The summed E-state index contributed by atoms with van der Waals surface area (Å²) < 4.78 is 47.2. The lowest BCUT2D eigenvalue weighted by Gasteiger charge is -2.21. The Balaban J connectivity index is 4.53. The zero-order valence-electron chi connectivity index (χ0n) is 20.9. The first-order chi connectivity index (χ1) is 16.7. The molecule has 0 bridgehead atoms. The molecule has 13 nitrogen and oxygen atoms in total. The highest BCUT2D eigenvalue weighted by Gasteiger charge is 2.15. The third-order valence-corrected chi connectivity index (χ3v) is 3.77. The van der Waals surface area contributed by atoms with Crippen molar-refractivity contribution in [2.75, 3.05) is 79.3 Å². The van der Waals surface area contributed by atoms with Crippen molar-refractivity contribution in [1.29, 1.82) is 0 Å². The van der Waals surface area contributed by atoms with E-state index in [-0.39, 0.29) is 79.3 Å². The zero-order valence-corrected chi connectivity index (χ0v) is 20.9. The molecule has 2 unspecified atom stereocenters. The highest BCUT2D eigenvalue weighted by atomic mass is 16.6. The maximum Gasteiger partial charge on any atom is 0.302 e. The number of hydrogen-bond donors (Lipinski definition) is 0. The lowest BCUT2D eigenvalue weighted by Crippen LogP contribution is -2.32. The Hall–Kier alpha value is -2.32. The van der Waals surface area contributed by atoms with E-state index in [0.717, 1.165) is 0 Å². The molecular weight excluding hydrogens is 472 g/mol. The van der Waals surface area contributed by atoms with Crippen LogP contribution in [0.3, 0.4) is 0 Å². The Kier molecular flexibility index (Phi) is 20.7. The minimum atomic E-state index is -0.491. The largest absolute Gasteiger partial charge is 0.463 e. The van der Waals surface area contributed by atoms with Crippen LogP contribution in [0.25, 0.3) is 0 Å². The highest BCUT2D eigenvalue weighted by Crippen LogP contribution is 2.01. The predicted molar refractivity (Wildman–Crippen MR) is 118 cm³/mol. The van der Waals surface area contributed by atoms with Crippen LogP contribution in [0.5, 0.6) is 0 Å². The molecule has 13 heteroatoms. The molecular formula is C22H38O13. The molecule has 0 N–H and O–H groups in total. The van der Waals surface area contributed by atoms with Gasteiger partial charge in [0.1, 0.15) is 38.6 Å². The first-order valence-corrected chi connectivity index (χ1v) is 11.2. The summed E-state index contributed by atoms with van der Waals surface area (Å²) in [5, 5.41) is 0. The second kappa shape index (κ2) is 22.2.